The second kappa shape index (κ2) is 5.42. The van der Waals surface area contributed by atoms with Crippen LogP contribution in [-0.4, -0.2) is 11.1 Å². The monoisotopic (exact) mass is 313 g/mol. The van der Waals surface area contributed by atoms with Crippen LogP contribution in [0.5, 0.6) is 0 Å². The Kier molecular flexibility index (Phi) is 4.01. The molecule has 0 spiro atoms. The first-order chi connectivity index (χ1) is 9.34. The Balaban J connectivity index is 2.80. The zero-order chi connectivity index (χ0) is 15.0. The van der Waals surface area contributed by atoms with Crippen molar-refractivity contribution in [3.05, 3.63) is 39.5 Å². The van der Waals surface area contributed by atoms with Crippen LogP contribution in [0.4, 0.5) is 10.1 Å². The molecule has 6 heteroatoms. The van der Waals surface area contributed by atoms with Gasteiger partial charge in [-0.2, -0.15) is 0 Å². The largest absolute Gasteiger partial charge is 0.477 e. The van der Waals surface area contributed by atoms with Crippen LogP contribution in [0.3, 0.4) is 0 Å². The van der Waals surface area contributed by atoms with Crippen LogP contribution in [0.25, 0.3) is 10.4 Å². The zero-order valence-corrected chi connectivity index (χ0v) is 12.5. The lowest BCUT2D eigenvalue weighted by atomic mass is 9.98. The van der Waals surface area contributed by atoms with Crippen LogP contribution in [0, 0.1) is 5.82 Å². The van der Waals surface area contributed by atoms with Crippen molar-refractivity contribution in [2.45, 2.75) is 19.8 Å². The van der Waals surface area contributed by atoms with Gasteiger partial charge < -0.3 is 10.8 Å². The van der Waals surface area contributed by atoms with E-state index in [2.05, 4.69) is 0 Å². The van der Waals surface area contributed by atoms with Crippen molar-refractivity contribution in [2.24, 2.45) is 0 Å². The van der Waals surface area contributed by atoms with E-state index in [0.717, 1.165) is 11.3 Å². The Morgan fingerprint density at radius 1 is 1.45 bits per heavy atom. The van der Waals surface area contributed by atoms with Crippen molar-refractivity contribution in [3.8, 4) is 10.4 Å². The molecule has 0 bridgehead atoms. The highest BCUT2D eigenvalue weighted by Gasteiger charge is 2.25. The van der Waals surface area contributed by atoms with Gasteiger partial charge in [0, 0.05) is 10.4 Å². The van der Waals surface area contributed by atoms with Crippen molar-refractivity contribution in [3.63, 3.8) is 0 Å². The third-order valence-corrected chi connectivity index (χ3v) is 4.49. The number of carbonyl (C=O) groups is 1. The van der Waals surface area contributed by atoms with E-state index in [4.69, 9.17) is 17.3 Å². The van der Waals surface area contributed by atoms with Gasteiger partial charge in [0.15, 0.2) is 0 Å². The smallest absolute Gasteiger partial charge is 0.348 e. The first-order valence-corrected chi connectivity index (χ1v) is 7.13. The standard InChI is InChI=1S/C14H13ClFNO2S/c1-6(2)9-11(17)13(14(18)19)20-12(9)10-7(15)4-3-5-8(10)16/h3-6H,17H2,1-2H3,(H,18,19). The third kappa shape index (κ3) is 2.39. The molecule has 20 heavy (non-hydrogen) atoms. The lowest BCUT2D eigenvalue weighted by Gasteiger charge is -2.10. The number of thiophene rings is 1. The fourth-order valence-electron chi connectivity index (χ4n) is 2.09. The topological polar surface area (TPSA) is 63.3 Å². The molecule has 0 saturated heterocycles. The van der Waals surface area contributed by atoms with Gasteiger partial charge in [-0.05, 0) is 23.6 Å². The fourth-order valence-corrected chi connectivity index (χ4v) is 3.68. The molecule has 0 aliphatic heterocycles. The molecule has 0 aliphatic carbocycles. The summed E-state index contributed by atoms with van der Waals surface area (Å²) in [5.74, 6) is -1.64. The Bertz CT molecular complexity index is 662. The van der Waals surface area contributed by atoms with Crippen molar-refractivity contribution in [1.82, 2.24) is 0 Å². The highest BCUT2D eigenvalue weighted by atomic mass is 35.5. The first kappa shape index (κ1) is 14.8. The average molecular weight is 314 g/mol. The van der Waals surface area contributed by atoms with Gasteiger partial charge in [0.05, 0.1) is 10.7 Å². The summed E-state index contributed by atoms with van der Waals surface area (Å²) in [6.45, 7) is 3.75. The second-order valence-corrected chi connectivity index (χ2v) is 6.07. The van der Waals surface area contributed by atoms with Gasteiger partial charge in [-0.25, -0.2) is 9.18 Å². The first-order valence-electron chi connectivity index (χ1n) is 5.94. The summed E-state index contributed by atoms with van der Waals surface area (Å²) in [6, 6.07) is 4.37. The third-order valence-electron chi connectivity index (χ3n) is 2.94. The maximum Gasteiger partial charge on any atom is 0.348 e. The number of rotatable bonds is 3. The molecular weight excluding hydrogens is 301 g/mol. The molecule has 1 aromatic heterocycles. The van der Waals surface area contributed by atoms with Crippen LogP contribution in [0.15, 0.2) is 18.2 Å². The van der Waals surface area contributed by atoms with Gasteiger partial charge >= 0.3 is 5.97 Å². The molecule has 3 N–H and O–H groups in total. The maximum absolute atomic E-state index is 14.1. The molecule has 2 aromatic rings. The Morgan fingerprint density at radius 2 is 2.10 bits per heavy atom. The fraction of sp³-hybridized carbons (Fsp3) is 0.214. The van der Waals surface area contributed by atoms with Crippen molar-refractivity contribution >= 4 is 34.6 Å². The van der Waals surface area contributed by atoms with Crippen molar-refractivity contribution in [2.75, 3.05) is 5.73 Å². The number of aromatic carboxylic acids is 1. The Morgan fingerprint density at radius 3 is 2.60 bits per heavy atom. The van der Waals surface area contributed by atoms with Gasteiger partial charge in [0.25, 0.3) is 0 Å². The minimum atomic E-state index is -1.12. The SMILES string of the molecule is CC(C)c1c(-c2c(F)cccc2Cl)sc(C(=O)O)c1N. The Labute approximate surface area is 124 Å². The van der Waals surface area contributed by atoms with Crippen molar-refractivity contribution < 1.29 is 14.3 Å². The molecule has 0 aliphatic rings. The van der Waals surface area contributed by atoms with Crippen molar-refractivity contribution in [1.29, 1.82) is 0 Å². The number of hydrogen-bond donors (Lipinski definition) is 2. The minimum absolute atomic E-state index is 0.0167. The van der Waals surface area contributed by atoms with Crippen LogP contribution < -0.4 is 5.73 Å². The molecule has 0 fully saturated rings. The molecule has 0 unspecified atom stereocenters. The quantitative estimate of drug-likeness (QED) is 0.869. The van der Waals surface area contributed by atoms with Gasteiger partial charge in [0.2, 0.25) is 0 Å². The van der Waals surface area contributed by atoms with Crippen LogP contribution in [0.2, 0.25) is 5.02 Å². The molecule has 1 aromatic carbocycles. The normalized spacial score (nSPS) is 11.1. The van der Waals surface area contributed by atoms with E-state index in [0.29, 0.717) is 10.4 Å². The summed E-state index contributed by atoms with van der Waals surface area (Å²) >= 11 is 7.02. The summed E-state index contributed by atoms with van der Waals surface area (Å²) < 4.78 is 14.1. The predicted octanol–water partition coefficient (Wildman–Crippen LogP) is 4.61. The van der Waals surface area contributed by atoms with Crippen LogP contribution >= 0.6 is 22.9 Å². The maximum atomic E-state index is 14.1. The molecule has 3 nitrogen and oxygen atoms in total. The highest BCUT2D eigenvalue weighted by Crippen LogP contribution is 2.45. The summed E-state index contributed by atoms with van der Waals surface area (Å²) in [7, 11) is 0. The van der Waals surface area contributed by atoms with E-state index in [9.17, 15) is 14.3 Å². The predicted molar refractivity (Wildman–Crippen MR) is 80.2 cm³/mol. The average Bonchev–Trinajstić information content (AvgIpc) is 2.66. The molecule has 106 valence electrons. The number of halogens is 2. The summed E-state index contributed by atoms with van der Waals surface area (Å²) in [5, 5.41) is 9.42. The van der Waals surface area contributed by atoms with E-state index >= 15 is 0 Å². The molecule has 0 radical (unpaired) electrons. The molecule has 1 heterocycles. The van der Waals surface area contributed by atoms with Gasteiger partial charge in [-0.1, -0.05) is 31.5 Å². The summed E-state index contributed by atoms with van der Waals surface area (Å²) in [5.41, 5.74) is 6.93. The highest BCUT2D eigenvalue weighted by molar-refractivity contribution is 7.18. The number of carboxylic acids is 1. The molecule has 0 atom stereocenters. The lowest BCUT2D eigenvalue weighted by Crippen LogP contribution is -2.01. The number of nitrogens with two attached hydrogens (primary N) is 1. The zero-order valence-electron chi connectivity index (χ0n) is 10.9. The van der Waals surface area contributed by atoms with Gasteiger partial charge in [0.1, 0.15) is 10.7 Å². The van der Waals surface area contributed by atoms with Gasteiger partial charge in [-0.3, -0.25) is 0 Å². The summed E-state index contributed by atoms with van der Waals surface area (Å²) in [4.78, 5) is 11.7. The lowest BCUT2D eigenvalue weighted by molar-refractivity contribution is 0.0703. The number of nitrogen functional groups attached to an aromatic ring is 1. The Hall–Kier alpha value is -1.59. The molecule has 2 rings (SSSR count). The molecular formula is C14H13ClFNO2S. The second-order valence-electron chi connectivity index (χ2n) is 4.64. The number of benzene rings is 1. The number of hydrogen-bond acceptors (Lipinski definition) is 3. The summed E-state index contributed by atoms with van der Waals surface area (Å²) in [6.07, 6.45) is 0. The van der Waals surface area contributed by atoms with E-state index in [1.807, 2.05) is 13.8 Å². The molecule has 0 amide bonds. The van der Waals surface area contributed by atoms with Gasteiger partial charge in [-0.15, -0.1) is 11.3 Å². The van der Waals surface area contributed by atoms with E-state index in [1.54, 1.807) is 6.07 Å². The number of anilines is 1. The van der Waals surface area contributed by atoms with E-state index in [-0.39, 0.29) is 27.1 Å². The van der Waals surface area contributed by atoms with E-state index < -0.39 is 11.8 Å². The number of carboxylic acid groups (broad SMARTS) is 1. The minimum Gasteiger partial charge on any atom is -0.477 e. The molecule has 0 saturated carbocycles. The van der Waals surface area contributed by atoms with Crippen LogP contribution in [0.1, 0.15) is 35.0 Å². The van der Waals surface area contributed by atoms with E-state index in [1.165, 1.54) is 12.1 Å². The van der Waals surface area contributed by atoms with Crippen LogP contribution in [-0.2, 0) is 0 Å².